The summed E-state index contributed by atoms with van der Waals surface area (Å²) in [6.07, 6.45) is 2.73. The Morgan fingerprint density at radius 1 is 1.21 bits per heavy atom. The van der Waals surface area contributed by atoms with Crippen LogP contribution in [0.2, 0.25) is 5.02 Å². The molecule has 4 aromatic rings. The molecule has 0 spiro atoms. The van der Waals surface area contributed by atoms with Gasteiger partial charge in [0.15, 0.2) is 11.6 Å². The van der Waals surface area contributed by atoms with E-state index in [9.17, 15) is 4.79 Å². The lowest BCUT2D eigenvalue weighted by atomic mass is 10.1. The first-order chi connectivity index (χ1) is 14.0. The number of benzene rings is 2. The Morgan fingerprint density at radius 2 is 2.07 bits per heavy atom. The van der Waals surface area contributed by atoms with E-state index in [0.717, 1.165) is 10.9 Å². The predicted octanol–water partition coefficient (Wildman–Crippen LogP) is 5.46. The van der Waals surface area contributed by atoms with Gasteiger partial charge in [0.05, 0.1) is 11.3 Å². The summed E-state index contributed by atoms with van der Waals surface area (Å²) in [6.45, 7) is 1.88. The number of nitrogen functional groups attached to an aromatic ring is 1. The molecule has 2 aromatic heterocycles. The van der Waals surface area contributed by atoms with Crippen LogP contribution in [-0.2, 0) is 0 Å². The quantitative estimate of drug-likeness (QED) is 0.458. The van der Waals surface area contributed by atoms with E-state index in [1.165, 1.54) is 6.20 Å². The summed E-state index contributed by atoms with van der Waals surface area (Å²) in [6, 6.07) is 16.2. The number of nitrogens with one attached hydrogen (secondary N) is 1. The van der Waals surface area contributed by atoms with Crippen LogP contribution in [0.1, 0.15) is 28.9 Å². The first kappa shape index (κ1) is 18.8. The third-order valence-corrected chi connectivity index (χ3v) is 4.69. The van der Waals surface area contributed by atoms with Crippen molar-refractivity contribution in [3.8, 4) is 5.75 Å². The Balaban J connectivity index is 1.50. The number of halogens is 1. The van der Waals surface area contributed by atoms with Crippen molar-refractivity contribution in [2.45, 2.75) is 13.0 Å². The minimum atomic E-state index is -0.325. The van der Waals surface area contributed by atoms with Crippen LogP contribution < -0.4 is 15.8 Å². The normalized spacial score (nSPS) is 11.9. The van der Waals surface area contributed by atoms with E-state index >= 15 is 0 Å². The topological polar surface area (TPSA) is 90.4 Å². The lowest BCUT2D eigenvalue weighted by Gasteiger charge is -2.17. The van der Waals surface area contributed by atoms with Gasteiger partial charge in [0.2, 0.25) is 0 Å². The summed E-state index contributed by atoms with van der Waals surface area (Å²) >= 11 is 5.96. The zero-order valence-electron chi connectivity index (χ0n) is 15.6. The molecule has 0 aliphatic carbocycles. The molecular weight excluding hydrogens is 390 g/mol. The SMILES string of the molecule is CC(Oc1cc(Cl)cnc1N)c1cccc(NC(=O)c2ccc3ccoc3c2)c1. The number of pyridine rings is 1. The third-order valence-electron chi connectivity index (χ3n) is 4.48. The Labute approximate surface area is 172 Å². The van der Waals surface area contributed by atoms with E-state index in [4.69, 9.17) is 26.5 Å². The van der Waals surface area contributed by atoms with Gasteiger partial charge in [0.25, 0.3) is 5.91 Å². The maximum absolute atomic E-state index is 12.6. The average Bonchev–Trinajstić information content (AvgIpc) is 3.18. The molecule has 1 atom stereocenters. The molecule has 0 aliphatic rings. The smallest absolute Gasteiger partial charge is 0.255 e. The van der Waals surface area contributed by atoms with Crippen molar-refractivity contribution >= 4 is 40.0 Å². The average molecular weight is 408 g/mol. The summed E-state index contributed by atoms with van der Waals surface area (Å²) in [4.78, 5) is 16.6. The number of rotatable bonds is 5. The Bertz CT molecular complexity index is 1190. The number of hydrogen-bond acceptors (Lipinski definition) is 5. The molecule has 6 nitrogen and oxygen atoms in total. The highest BCUT2D eigenvalue weighted by Crippen LogP contribution is 2.29. The predicted molar refractivity (Wildman–Crippen MR) is 113 cm³/mol. The van der Waals surface area contributed by atoms with Crippen molar-refractivity contribution in [3.05, 3.63) is 83.2 Å². The molecule has 0 saturated carbocycles. The second-order valence-electron chi connectivity index (χ2n) is 6.55. The molecule has 1 amide bonds. The number of carbonyl (C=O) groups excluding carboxylic acids is 1. The summed E-state index contributed by atoms with van der Waals surface area (Å²) in [7, 11) is 0. The fourth-order valence-electron chi connectivity index (χ4n) is 2.95. The van der Waals surface area contributed by atoms with Crippen molar-refractivity contribution < 1.29 is 13.9 Å². The molecule has 29 heavy (non-hydrogen) atoms. The molecule has 1 unspecified atom stereocenters. The number of fused-ring (bicyclic) bond motifs is 1. The fourth-order valence-corrected chi connectivity index (χ4v) is 3.10. The van der Waals surface area contributed by atoms with Gasteiger partial charge in [-0.3, -0.25) is 4.79 Å². The van der Waals surface area contributed by atoms with E-state index < -0.39 is 0 Å². The van der Waals surface area contributed by atoms with Gasteiger partial charge in [-0.2, -0.15) is 0 Å². The molecule has 0 aliphatic heterocycles. The van der Waals surface area contributed by atoms with Gasteiger partial charge in [-0.25, -0.2) is 4.98 Å². The molecule has 0 bridgehead atoms. The van der Waals surface area contributed by atoms with E-state index in [1.807, 2.05) is 43.3 Å². The number of ether oxygens (including phenoxy) is 1. The van der Waals surface area contributed by atoms with Crippen molar-refractivity contribution in [3.63, 3.8) is 0 Å². The number of furan rings is 1. The number of amides is 1. The molecule has 0 radical (unpaired) electrons. The van der Waals surface area contributed by atoms with Crippen LogP contribution in [0.25, 0.3) is 11.0 Å². The monoisotopic (exact) mass is 407 g/mol. The van der Waals surface area contributed by atoms with Gasteiger partial charge in [-0.1, -0.05) is 29.8 Å². The molecule has 2 aromatic carbocycles. The zero-order chi connectivity index (χ0) is 20.4. The third kappa shape index (κ3) is 4.17. The molecule has 3 N–H and O–H groups in total. The fraction of sp³-hybridized carbons (Fsp3) is 0.0909. The van der Waals surface area contributed by atoms with Crippen molar-refractivity contribution in [1.82, 2.24) is 4.98 Å². The molecular formula is C22H18ClN3O3. The first-order valence-electron chi connectivity index (χ1n) is 8.96. The number of hydrogen-bond donors (Lipinski definition) is 2. The van der Waals surface area contributed by atoms with Crippen LogP contribution in [0.4, 0.5) is 11.5 Å². The number of aromatic nitrogens is 1. The Kier molecular flexibility index (Phi) is 5.10. The summed E-state index contributed by atoms with van der Waals surface area (Å²) < 4.78 is 11.3. The molecule has 0 fully saturated rings. The van der Waals surface area contributed by atoms with Gasteiger partial charge in [0.1, 0.15) is 11.7 Å². The minimum absolute atomic E-state index is 0.225. The lowest BCUT2D eigenvalue weighted by molar-refractivity contribution is 0.102. The van der Waals surface area contributed by atoms with Gasteiger partial charge in [-0.05, 0) is 42.8 Å². The molecule has 146 valence electrons. The van der Waals surface area contributed by atoms with Crippen LogP contribution in [-0.4, -0.2) is 10.9 Å². The molecule has 4 rings (SSSR count). The first-order valence-corrected chi connectivity index (χ1v) is 9.33. The second kappa shape index (κ2) is 7.85. The number of anilines is 2. The highest BCUT2D eigenvalue weighted by atomic mass is 35.5. The second-order valence-corrected chi connectivity index (χ2v) is 6.99. The van der Waals surface area contributed by atoms with Gasteiger partial charge in [0, 0.05) is 28.9 Å². The standard InChI is InChI=1S/C22H18ClN3O3/c1-13(29-20-11-17(23)12-25-21(20)24)15-3-2-4-18(9-15)26-22(27)16-6-5-14-7-8-28-19(14)10-16/h2-13H,1H3,(H2,24,25)(H,26,27). The molecule has 7 heteroatoms. The maximum Gasteiger partial charge on any atom is 0.255 e. The summed E-state index contributed by atoms with van der Waals surface area (Å²) in [5.74, 6) is 0.447. The molecule has 2 heterocycles. The summed E-state index contributed by atoms with van der Waals surface area (Å²) in [5, 5.41) is 4.29. The lowest BCUT2D eigenvalue weighted by Crippen LogP contribution is -2.12. The van der Waals surface area contributed by atoms with Crippen LogP contribution in [0.3, 0.4) is 0 Å². The van der Waals surface area contributed by atoms with E-state index in [1.54, 1.807) is 24.5 Å². The van der Waals surface area contributed by atoms with E-state index in [2.05, 4.69) is 10.3 Å². The van der Waals surface area contributed by atoms with Gasteiger partial charge >= 0.3 is 0 Å². The number of nitrogens with zero attached hydrogens (tertiary/aromatic N) is 1. The van der Waals surface area contributed by atoms with E-state index in [-0.39, 0.29) is 17.8 Å². The number of nitrogens with two attached hydrogens (primary N) is 1. The minimum Gasteiger partial charge on any atom is -0.482 e. The van der Waals surface area contributed by atoms with Crippen LogP contribution in [0, 0.1) is 0 Å². The highest BCUT2D eigenvalue weighted by Gasteiger charge is 2.13. The summed E-state index contributed by atoms with van der Waals surface area (Å²) in [5.41, 5.74) is 8.55. The van der Waals surface area contributed by atoms with Crippen molar-refractivity contribution in [2.75, 3.05) is 11.1 Å². The Hall–Kier alpha value is -3.51. The van der Waals surface area contributed by atoms with Crippen LogP contribution in [0.5, 0.6) is 5.75 Å². The maximum atomic E-state index is 12.6. The van der Waals surface area contributed by atoms with Crippen molar-refractivity contribution in [1.29, 1.82) is 0 Å². The largest absolute Gasteiger partial charge is 0.482 e. The molecule has 0 saturated heterocycles. The van der Waals surface area contributed by atoms with E-state index in [0.29, 0.717) is 27.6 Å². The van der Waals surface area contributed by atoms with Crippen molar-refractivity contribution in [2.24, 2.45) is 0 Å². The zero-order valence-corrected chi connectivity index (χ0v) is 16.3. The highest BCUT2D eigenvalue weighted by molar-refractivity contribution is 6.30. The van der Waals surface area contributed by atoms with Gasteiger partial charge < -0.3 is 20.2 Å². The number of carbonyl (C=O) groups is 1. The van der Waals surface area contributed by atoms with Crippen LogP contribution >= 0.6 is 11.6 Å². The van der Waals surface area contributed by atoms with Gasteiger partial charge in [-0.15, -0.1) is 0 Å². The van der Waals surface area contributed by atoms with Crippen LogP contribution in [0.15, 0.2) is 71.5 Å². The Morgan fingerprint density at radius 3 is 2.93 bits per heavy atom.